The van der Waals surface area contributed by atoms with Gasteiger partial charge in [-0.15, -0.1) is 0 Å². The summed E-state index contributed by atoms with van der Waals surface area (Å²) in [7, 11) is 0. The van der Waals surface area contributed by atoms with E-state index in [9.17, 15) is 0 Å². The lowest BCUT2D eigenvalue weighted by Gasteiger charge is -2.26. The fourth-order valence-corrected chi connectivity index (χ4v) is 3.76. The van der Waals surface area contributed by atoms with Crippen LogP contribution >= 0.6 is 0 Å². The molecule has 2 aliphatic rings. The van der Waals surface area contributed by atoms with Crippen LogP contribution in [0.25, 0.3) is 0 Å². The molecular formula is C17H27N3. The molecular weight excluding hydrogens is 246 g/mol. The summed E-state index contributed by atoms with van der Waals surface area (Å²) in [5, 5.41) is 3.49. The molecule has 0 bridgehead atoms. The molecule has 1 unspecified atom stereocenters. The van der Waals surface area contributed by atoms with Gasteiger partial charge in [0.1, 0.15) is 0 Å². The fraction of sp³-hybridized carbons (Fsp3) is 0.706. The number of nitrogens with one attached hydrogen (secondary N) is 1. The van der Waals surface area contributed by atoms with Crippen LogP contribution in [0, 0.1) is 18.3 Å². The third kappa shape index (κ3) is 3.04. The number of piperidine rings is 1. The van der Waals surface area contributed by atoms with Crippen LogP contribution in [0.2, 0.25) is 0 Å². The van der Waals surface area contributed by atoms with Crippen LogP contribution in [0.15, 0.2) is 18.2 Å². The van der Waals surface area contributed by atoms with E-state index in [0.29, 0.717) is 5.41 Å². The van der Waals surface area contributed by atoms with Gasteiger partial charge in [0, 0.05) is 18.8 Å². The van der Waals surface area contributed by atoms with Crippen molar-refractivity contribution in [2.24, 2.45) is 11.3 Å². The van der Waals surface area contributed by atoms with E-state index < -0.39 is 0 Å². The minimum atomic E-state index is 0.693. The summed E-state index contributed by atoms with van der Waals surface area (Å²) in [6.45, 7) is 10.2. The first-order valence-corrected chi connectivity index (χ1v) is 8.07. The normalized spacial score (nSPS) is 24.2. The molecule has 2 heterocycles. The number of hydrogen-bond acceptors (Lipinski definition) is 3. The molecule has 20 heavy (non-hydrogen) atoms. The number of hydrogen-bond donors (Lipinski definition) is 1. The molecule has 110 valence electrons. The molecule has 1 aliphatic heterocycles. The van der Waals surface area contributed by atoms with Gasteiger partial charge >= 0.3 is 0 Å². The van der Waals surface area contributed by atoms with Gasteiger partial charge in [-0.25, -0.2) is 0 Å². The first-order valence-electron chi connectivity index (χ1n) is 8.07. The molecule has 0 aromatic carbocycles. The second-order valence-electron chi connectivity index (χ2n) is 6.61. The standard InChI is InChI=1S/C17H27N3/c1-3-20(13-16-6-4-5-14(2)19-16)12-15-11-17(15)7-9-18-10-8-17/h4-6,15,18H,3,7-13H2,1-2H3. The second-order valence-corrected chi connectivity index (χ2v) is 6.61. The van der Waals surface area contributed by atoms with Crippen molar-refractivity contribution < 1.29 is 0 Å². The molecule has 0 radical (unpaired) electrons. The molecule has 1 saturated heterocycles. The summed E-state index contributed by atoms with van der Waals surface area (Å²) in [5.41, 5.74) is 3.03. The van der Waals surface area contributed by atoms with Gasteiger partial charge in [0.25, 0.3) is 0 Å². The maximum absolute atomic E-state index is 4.64. The van der Waals surface area contributed by atoms with Crippen LogP contribution in [0.3, 0.4) is 0 Å². The van der Waals surface area contributed by atoms with Gasteiger partial charge in [0.05, 0.1) is 5.69 Å². The number of pyridine rings is 1. The molecule has 3 nitrogen and oxygen atoms in total. The van der Waals surface area contributed by atoms with Crippen LogP contribution in [0.1, 0.15) is 37.6 Å². The van der Waals surface area contributed by atoms with Crippen molar-refractivity contribution >= 4 is 0 Å². The zero-order valence-corrected chi connectivity index (χ0v) is 12.9. The molecule has 1 saturated carbocycles. The van der Waals surface area contributed by atoms with Crippen molar-refractivity contribution in [2.75, 3.05) is 26.2 Å². The van der Waals surface area contributed by atoms with Gasteiger partial charge < -0.3 is 5.32 Å². The zero-order chi connectivity index (χ0) is 14.0. The number of aromatic nitrogens is 1. The van der Waals surface area contributed by atoms with Gasteiger partial charge in [-0.3, -0.25) is 9.88 Å². The van der Waals surface area contributed by atoms with Crippen LogP contribution in [0.4, 0.5) is 0 Å². The largest absolute Gasteiger partial charge is 0.317 e. The van der Waals surface area contributed by atoms with Crippen molar-refractivity contribution in [3.63, 3.8) is 0 Å². The van der Waals surface area contributed by atoms with Crippen molar-refractivity contribution in [3.8, 4) is 0 Å². The number of aryl methyl sites for hydroxylation is 1. The minimum Gasteiger partial charge on any atom is -0.317 e. The highest BCUT2D eigenvalue weighted by atomic mass is 15.1. The molecule has 1 spiro atoms. The van der Waals surface area contributed by atoms with E-state index in [1.807, 2.05) is 0 Å². The third-order valence-corrected chi connectivity index (χ3v) is 5.22. The van der Waals surface area contributed by atoms with Gasteiger partial charge in [-0.05, 0) is 69.3 Å². The highest BCUT2D eigenvalue weighted by Crippen LogP contribution is 2.58. The number of rotatable bonds is 5. The lowest BCUT2D eigenvalue weighted by Crippen LogP contribution is -2.32. The van der Waals surface area contributed by atoms with Gasteiger partial charge in [-0.2, -0.15) is 0 Å². The smallest absolute Gasteiger partial charge is 0.0547 e. The maximum Gasteiger partial charge on any atom is 0.0547 e. The minimum absolute atomic E-state index is 0.693. The van der Waals surface area contributed by atoms with E-state index in [4.69, 9.17) is 0 Å². The Hall–Kier alpha value is -0.930. The Labute approximate surface area is 122 Å². The highest BCUT2D eigenvalue weighted by molar-refractivity contribution is 5.10. The Balaban J connectivity index is 1.55. The monoisotopic (exact) mass is 273 g/mol. The Morgan fingerprint density at radius 3 is 2.85 bits per heavy atom. The van der Waals surface area contributed by atoms with E-state index in [1.165, 1.54) is 44.6 Å². The molecule has 1 aliphatic carbocycles. The molecule has 1 N–H and O–H groups in total. The Kier molecular flexibility index (Phi) is 4.08. The van der Waals surface area contributed by atoms with Gasteiger partial charge in [0.15, 0.2) is 0 Å². The van der Waals surface area contributed by atoms with Crippen LogP contribution in [0.5, 0.6) is 0 Å². The van der Waals surface area contributed by atoms with E-state index in [-0.39, 0.29) is 0 Å². The molecule has 1 atom stereocenters. The summed E-state index contributed by atoms with van der Waals surface area (Å²) in [6, 6.07) is 6.35. The van der Waals surface area contributed by atoms with E-state index in [0.717, 1.165) is 24.7 Å². The topological polar surface area (TPSA) is 28.2 Å². The Morgan fingerprint density at radius 2 is 2.15 bits per heavy atom. The van der Waals surface area contributed by atoms with E-state index in [2.05, 4.69) is 47.2 Å². The highest BCUT2D eigenvalue weighted by Gasteiger charge is 2.53. The van der Waals surface area contributed by atoms with Crippen molar-refractivity contribution in [2.45, 2.75) is 39.7 Å². The Morgan fingerprint density at radius 1 is 1.35 bits per heavy atom. The summed E-state index contributed by atoms with van der Waals surface area (Å²) in [4.78, 5) is 7.21. The summed E-state index contributed by atoms with van der Waals surface area (Å²) in [5.74, 6) is 0.925. The molecule has 3 rings (SSSR count). The van der Waals surface area contributed by atoms with Gasteiger partial charge in [0.2, 0.25) is 0 Å². The van der Waals surface area contributed by atoms with Gasteiger partial charge in [-0.1, -0.05) is 13.0 Å². The molecule has 1 aromatic heterocycles. The van der Waals surface area contributed by atoms with Crippen molar-refractivity contribution in [3.05, 3.63) is 29.6 Å². The fourth-order valence-electron chi connectivity index (χ4n) is 3.76. The Bertz CT molecular complexity index is 451. The van der Waals surface area contributed by atoms with E-state index >= 15 is 0 Å². The van der Waals surface area contributed by atoms with Crippen LogP contribution in [-0.2, 0) is 6.54 Å². The molecule has 1 aromatic rings. The predicted octanol–water partition coefficient (Wildman–Crippen LogP) is 2.60. The predicted molar refractivity (Wildman–Crippen MR) is 82.6 cm³/mol. The lowest BCUT2D eigenvalue weighted by molar-refractivity contribution is 0.229. The first kappa shape index (κ1) is 14.0. The lowest BCUT2D eigenvalue weighted by atomic mass is 9.92. The SMILES string of the molecule is CCN(Cc1cccc(C)n1)CC1CC12CCNCC2. The first-order chi connectivity index (χ1) is 9.72. The van der Waals surface area contributed by atoms with Crippen LogP contribution in [-0.4, -0.2) is 36.1 Å². The summed E-state index contributed by atoms with van der Waals surface area (Å²) in [6.07, 6.45) is 4.22. The second kappa shape index (κ2) is 5.82. The molecule has 3 heteroatoms. The maximum atomic E-state index is 4.64. The average Bonchev–Trinajstić information content (AvgIpc) is 3.10. The summed E-state index contributed by atoms with van der Waals surface area (Å²) < 4.78 is 0. The van der Waals surface area contributed by atoms with Crippen LogP contribution < -0.4 is 5.32 Å². The molecule has 0 amide bonds. The third-order valence-electron chi connectivity index (χ3n) is 5.22. The van der Waals surface area contributed by atoms with Crippen molar-refractivity contribution in [1.29, 1.82) is 0 Å². The summed E-state index contributed by atoms with van der Waals surface area (Å²) >= 11 is 0. The zero-order valence-electron chi connectivity index (χ0n) is 12.9. The average molecular weight is 273 g/mol. The molecule has 2 fully saturated rings. The number of nitrogens with zero attached hydrogens (tertiary/aromatic N) is 2. The quantitative estimate of drug-likeness (QED) is 0.894. The van der Waals surface area contributed by atoms with E-state index in [1.54, 1.807) is 0 Å². The van der Waals surface area contributed by atoms with Crippen molar-refractivity contribution in [1.82, 2.24) is 15.2 Å².